The molecule has 6 nitrogen and oxygen atoms in total. The Balaban J connectivity index is 1.31. The van der Waals surface area contributed by atoms with Crippen LogP contribution in [0.5, 0.6) is 5.19 Å². The van der Waals surface area contributed by atoms with Gasteiger partial charge in [0.05, 0.1) is 10.5 Å². The first-order valence-electron chi connectivity index (χ1n) is 10.2. The van der Waals surface area contributed by atoms with Crippen LogP contribution in [0.1, 0.15) is 31.2 Å². The molecule has 0 radical (unpaired) electrons. The van der Waals surface area contributed by atoms with Gasteiger partial charge in [0.1, 0.15) is 6.10 Å². The number of aromatic nitrogens is 1. The number of sulfonamides is 1. The van der Waals surface area contributed by atoms with Gasteiger partial charge in [0, 0.05) is 43.8 Å². The molecule has 0 aliphatic carbocycles. The van der Waals surface area contributed by atoms with Crippen LogP contribution in [0.3, 0.4) is 0 Å². The molecular weight excluding hydrogens is 451 g/mol. The highest BCUT2D eigenvalue weighted by Gasteiger charge is 2.35. The molecule has 31 heavy (non-hydrogen) atoms. The smallest absolute Gasteiger partial charge is 0.416 e. The molecule has 4 rings (SSSR count). The topological polar surface area (TPSA) is 62.7 Å². The number of ether oxygens (including phenoxy) is 1. The van der Waals surface area contributed by atoms with Crippen molar-refractivity contribution in [2.45, 2.75) is 48.9 Å². The molecule has 0 saturated carbocycles. The van der Waals surface area contributed by atoms with E-state index in [2.05, 4.69) is 9.88 Å². The first-order chi connectivity index (χ1) is 14.7. The predicted molar refractivity (Wildman–Crippen MR) is 111 cm³/mol. The number of hydrogen-bond acceptors (Lipinski definition) is 6. The lowest BCUT2D eigenvalue weighted by Gasteiger charge is -2.41. The average molecular weight is 476 g/mol. The van der Waals surface area contributed by atoms with Crippen molar-refractivity contribution in [3.05, 3.63) is 41.4 Å². The Kier molecular flexibility index (Phi) is 6.57. The molecule has 0 spiro atoms. The van der Waals surface area contributed by atoms with Gasteiger partial charge in [0.2, 0.25) is 10.0 Å². The van der Waals surface area contributed by atoms with E-state index in [4.69, 9.17) is 4.74 Å². The summed E-state index contributed by atoms with van der Waals surface area (Å²) in [5.41, 5.74) is -0.953. The first-order valence-corrected chi connectivity index (χ1v) is 12.5. The van der Waals surface area contributed by atoms with Gasteiger partial charge in [-0.3, -0.25) is 0 Å². The SMILES string of the molecule is O=S(=O)(c1cccc(C(F)(F)F)c1)N1CCC(N2CCC(Oc3nccs3)CC2)CC1. The molecule has 2 aliphatic rings. The fourth-order valence-corrected chi connectivity index (χ4v) is 6.27. The summed E-state index contributed by atoms with van der Waals surface area (Å²) in [6.07, 6.45) is 0.394. The van der Waals surface area contributed by atoms with Crippen LogP contribution < -0.4 is 4.74 Å². The number of piperidine rings is 2. The van der Waals surface area contributed by atoms with Crippen molar-refractivity contribution in [1.82, 2.24) is 14.2 Å². The lowest BCUT2D eigenvalue weighted by Crippen LogP contribution is -2.50. The average Bonchev–Trinajstić information content (AvgIpc) is 3.27. The molecule has 0 N–H and O–H groups in total. The Bertz CT molecular complexity index is 967. The summed E-state index contributed by atoms with van der Waals surface area (Å²) in [6.45, 7) is 2.36. The third kappa shape index (κ3) is 5.21. The van der Waals surface area contributed by atoms with Gasteiger partial charge in [-0.15, -0.1) is 0 Å². The number of rotatable bonds is 5. The molecule has 0 atom stereocenters. The summed E-state index contributed by atoms with van der Waals surface area (Å²) < 4.78 is 71.8. The van der Waals surface area contributed by atoms with Gasteiger partial charge in [0.25, 0.3) is 5.19 Å². The third-order valence-electron chi connectivity index (χ3n) is 5.89. The fraction of sp³-hybridized carbons (Fsp3) is 0.550. The lowest BCUT2D eigenvalue weighted by molar-refractivity contribution is -0.137. The Morgan fingerprint density at radius 1 is 1.06 bits per heavy atom. The van der Waals surface area contributed by atoms with Crippen LogP contribution in [0.2, 0.25) is 0 Å². The molecule has 170 valence electrons. The van der Waals surface area contributed by atoms with Gasteiger partial charge in [-0.25, -0.2) is 13.4 Å². The molecule has 2 saturated heterocycles. The van der Waals surface area contributed by atoms with Crippen LogP contribution in [0.4, 0.5) is 13.2 Å². The minimum atomic E-state index is -4.58. The Morgan fingerprint density at radius 3 is 2.39 bits per heavy atom. The standard InChI is InChI=1S/C20H24F3N3O3S2/c21-20(22,23)15-2-1-3-18(14-15)31(27,28)26-11-4-16(5-12-26)25-9-6-17(7-10-25)29-19-24-8-13-30-19/h1-3,8,13-14,16-17H,4-7,9-12H2. The van der Waals surface area contributed by atoms with Crippen LogP contribution in [0, 0.1) is 0 Å². The van der Waals surface area contributed by atoms with E-state index in [0.717, 1.165) is 38.1 Å². The molecule has 11 heteroatoms. The monoisotopic (exact) mass is 475 g/mol. The van der Waals surface area contributed by atoms with Crippen molar-refractivity contribution in [1.29, 1.82) is 0 Å². The molecule has 0 bridgehead atoms. The highest BCUT2D eigenvalue weighted by molar-refractivity contribution is 7.89. The van der Waals surface area contributed by atoms with Crippen LogP contribution in [-0.2, 0) is 16.2 Å². The number of hydrogen-bond donors (Lipinski definition) is 0. The molecule has 2 aliphatic heterocycles. The molecule has 0 unspecified atom stereocenters. The van der Waals surface area contributed by atoms with Gasteiger partial charge in [-0.2, -0.15) is 17.5 Å². The summed E-state index contributed by atoms with van der Waals surface area (Å²) in [7, 11) is -3.95. The van der Waals surface area contributed by atoms with Crippen molar-refractivity contribution >= 4 is 21.4 Å². The lowest BCUT2D eigenvalue weighted by atomic mass is 10.00. The van der Waals surface area contributed by atoms with Crippen LogP contribution in [-0.4, -0.2) is 60.9 Å². The molecule has 0 amide bonds. The van der Waals surface area contributed by atoms with Crippen molar-refractivity contribution in [2.75, 3.05) is 26.2 Å². The molecule has 2 fully saturated rings. The van der Waals surface area contributed by atoms with E-state index in [0.29, 0.717) is 37.2 Å². The third-order valence-corrected chi connectivity index (χ3v) is 8.45. The van der Waals surface area contributed by atoms with E-state index < -0.39 is 21.8 Å². The summed E-state index contributed by atoms with van der Waals surface area (Å²) in [5.74, 6) is 0. The molecule has 1 aromatic carbocycles. The number of thiazole rings is 1. The molecular formula is C20H24F3N3O3S2. The predicted octanol–water partition coefficient (Wildman–Crippen LogP) is 3.86. The number of likely N-dealkylation sites (tertiary alicyclic amines) is 1. The largest absolute Gasteiger partial charge is 0.467 e. The second-order valence-corrected chi connectivity index (χ2v) is 10.6. The first kappa shape index (κ1) is 22.5. The summed E-state index contributed by atoms with van der Waals surface area (Å²) in [5, 5.41) is 2.57. The van der Waals surface area contributed by atoms with E-state index >= 15 is 0 Å². The van der Waals surface area contributed by atoms with Crippen molar-refractivity contribution < 1.29 is 26.3 Å². The highest BCUT2D eigenvalue weighted by Crippen LogP contribution is 2.32. The van der Waals surface area contributed by atoms with Gasteiger partial charge >= 0.3 is 6.18 Å². The maximum Gasteiger partial charge on any atom is 0.416 e. The van der Waals surface area contributed by atoms with E-state index in [1.807, 2.05) is 5.38 Å². The summed E-state index contributed by atoms with van der Waals surface area (Å²) in [4.78, 5) is 6.22. The summed E-state index contributed by atoms with van der Waals surface area (Å²) >= 11 is 1.48. The fourth-order valence-electron chi connectivity index (χ4n) is 4.20. The van der Waals surface area contributed by atoms with Gasteiger partial charge in [0.15, 0.2) is 0 Å². The number of alkyl halides is 3. The molecule has 2 aromatic rings. The van der Waals surface area contributed by atoms with Crippen molar-refractivity contribution in [2.24, 2.45) is 0 Å². The molecule has 3 heterocycles. The number of benzene rings is 1. The van der Waals surface area contributed by atoms with Crippen LogP contribution in [0.15, 0.2) is 40.7 Å². The number of nitrogens with zero attached hydrogens (tertiary/aromatic N) is 3. The Hall–Kier alpha value is -1.69. The van der Waals surface area contributed by atoms with E-state index in [-0.39, 0.29) is 17.0 Å². The van der Waals surface area contributed by atoms with E-state index in [9.17, 15) is 21.6 Å². The van der Waals surface area contributed by atoms with Gasteiger partial charge < -0.3 is 9.64 Å². The van der Waals surface area contributed by atoms with E-state index in [1.165, 1.54) is 21.7 Å². The van der Waals surface area contributed by atoms with Crippen molar-refractivity contribution in [3.8, 4) is 5.19 Å². The Labute approximate surface area is 183 Å². The minimum Gasteiger partial charge on any atom is -0.467 e. The molecule has 1 aromatic heterocycles. The zero-order valence-corrected chi connectivity index (χ0v) is 18.4. The number of halogens is 3. The quantitative estimate of drug-likeness (QED) is 0.657. The van der Waals surface area contributed by atoms with Gasteiger partial charge in [-0.1, -0.05) is 17.4 Å². The Morgan fingerprint density at radius 2 is 1.77 bits per heavy atom. The van der Waals surface area contributed by atoms with Crippen molar-refractivity contribution in [3.63, 3.8) is 0 Å². The minimum absolute atomic E-state index is 0.142. The van der Waals surface area contributed by atoms with E-state index in [1.54, 1.807) is 6.20 Å². The highest BCUT2D eigenvalue weighted by atomic mass is 32.2. The second-order valence-electron chi connectivity index (χ2n) is 7.81. The zero-order chi connectivity index (χ0) is 22.1. The van der Waals surface area contributed by atoms with Crippen LogP contribution in [0.25, 0.3) is 0 Å². The normalized spacial score (nSPS) is 20.7. The maximum absolute atomic E-state index is 13.0. The summed E-state index contributed by atoms with van der Waals surface area (Å²) in [6, 6.07) is 4.24. The zero-order valence-electron chi connectivity index (χ0n) is 16.8. The van der Waals surface area contributed by atoms with Gasteiger partial charge in [-0.05, 0) is 43.9 Å². The van der Waals surface area contributed by atoms with Crippen LogP contribution >= 0.6 is 11.3 Å². The second kappa shape index (κ2) is 9.05. The maximum atomic E-state index is 13.0.